The van der Waals surface area contributed by atoms with Crippen LogP contribution in [0.25, 0.3) is 11.4 Å². The maximum Gasteiger partial charge on any atom is 0.272 e. The first kappa shape index (κ1) is 27.9. The third kappa shape index (κ3) is 6.19. The minimum absolute atomic E-state index is 0. The van der Waals surface area contributed by atoms with E-state index in [4.69, 9.17) is 23.2 Å². The Balaban J connectivity index is 0.00000363. The number of hydrogen-bond donors (Lipinski definition) is 2. The van der Waals surface area contributed by atoms with Gasteiger partial charge in [-0.2, -0.15) is 0 Å². The molecule has 0 aliphatic rings. The summed E-state index contributed by atoms with van der Waals surface area (Å²) in [5.74, 6) is -0.881. The summed E-state index contributed by atoms with van der Waals surface area (Å²) in [6.45, 7) is 0. The van der Waals surface area contributed by atoms with Crippen molar-refractivity contribution in [1.29, 1.82) is 0 Å². The molecule has 0 saturated heterocycles. The topological polar surface area (TPSA) is 99.4 Å². The number of pyridine rings is 1. The van der Waals surface area contributed by atoms with E-state index in [2.05, 4.69) is 73.9 Å². The zero-order chi connectivity index (χ0) is 22.7. The predicted octanol–water partition coefficient (Wildman–Crippen LogP) is 6.30. The number of rotatable bonds is 6. The van der Waals surface area contributed by atoms with Gasteiger partial charge in [0.25, 0.3) is 5.91 Å². The van der Waals surface area contributed by atoms with E-state index in [1.54, 1.807) is 18.2 Å². The summed E-state index contributed by atoms with van der Waals surface area (Å²) in [7, 11) is 1.29. The van der Waals surface area contributed by atoms with E-state index in [0.29, 0.717) is 18.4 Å². The number of amides is 2. The van der Waals surface area contributed by atoms with Crippen molar-refractivity contribution in [1.82, 2.24) is 15.0 Å². The predicted molar refractivity (Wildman–Crippen MR) is 129 cm³/mol. The Morgan fingerprint density at radius 1 is 1.12 bits per heavy atom. The van der Waals surface area contributed by atoms with E-state index < -0.39 is 11.8 Å². The minimum atomic E-state index is -0.596. The Morgan fingerprint density at radius 3 is 2.50 bits per heavy atom. The molecule has 32 heavy (non-hydrogen) atoms. The van der Waals surface area contributed by atoms with Crippen molar-refractivity contribution < 1.29 is 47.1 Å². The molecule has 2 N–H and O–H groups in total. The fourth-order valence-electron chi connectivity index (χ4n) is 2.58. The summed E-state index contributed by atoms with van der Waals surface area (Å²) in [6, 6.07) is 8.01. The summed E-state index contributed by atoms with van der Waals surface area (Å²) < 4.78 is 2.93. The van der Waals surface area contributed by atoms with Gasteiger partial charge in [0.15, 0.2) is 5.82 Å². The average Bonchev–Trinajstić information content (AvgIpc) is 3.03. The maximum atomic E-state index is 13.2. The Labute approximate surface area is 243 Å². The van der Waals surface area contributed by atoms with Crippen LogP contribution in [-0.2, 0) is 37.5 Å². The molecule has 0 unspecified atom stereocenters. The second-order valence-corrected chi connectivity index (χ2v) is 9.18. The van der Waals surface area contributed by atoms with Gasteiger partial charge in [0.1, 0.15) is 10.8 Å². The SMILES string of the molecule is CO[N-]NC(=O)c1cc(Br)cc(Br)c1NC(=O)c1cc(Br)c(Cl)n1-c1ncccc1Cl.[Y]. The number of aromatic nitrogens is 2. The third-order valence-electron chi connectivity index (χ3n) is 3.86. The van der Waals surface area contributed by atoms with Gasteiger partial charge in [-0.3, -0.25) is 14.2 Å². The Morgan fingerprint density at radius 2 is 1.84 bits per heavy atom. The van der Waals surface area contributed by atoms with Crippen molar-refractivity contribution in [2.24, 2.45) is 0 Å². The normalized spacial score (nSPS) is 10.4. The van der Waals surface area contributed by atoms with Crippen molar-refractivity contribution in [2.45, 2.75) is 0 Å². The fourth-order valence-corrected chi connectivity index (χ4v) is 4.73. The number of benzene rings is 1. The molecule has 8 nitrogen and oxygen atoms in total. The molecule has 14 heteroatoms. The van der Waals surface area contributed by atoms with E-state index in [9.17, 15) is 9.59 Å². The summed E-state index contributed by atoms with van der Waals surface area (Å²) >= 11 is 22.7. The standard InChI is InChI=1S/C18H11Br3Cl2N5O3.Y/c1-31-27-26-17(29)9-5-8(19)6-10(20)14(9)25-18(30)13-7-11(21)15(23)28(13)16-12(22)3-2-4-24-16;/h2-7H,1H3,(H2,25,26,29,30);/q-1;. The van der Waals surface area contributed by atoms with Crippen LogP contribution in [0.5, 0.6) is 0 Å². The van der Waals surface area contributed by atoms with Crippen molar-refractivity contribution in [3.8, 4) is 5.82 Å². The van der Waals surface area contributed by atoms with Gasteiger partial charge in [0.05, 0.1) is 20.7 Å². The van der Waals surface area contributed by atoms with Gasteiger partial charge in [0, 0.05) is 55.0 Å². The minimum Gasteiger partial charge on any atom is -0.470 e. The smallest absolute Gasteiger partial charge is 0.272 e. The van der Waals surface area contributed by atoms with E-state index in [1.807, 2.05) is 0 Å². The van der Waals surface area contributed by atoms with Gasteiger partial charge in [-0.05, 0) is 62.2 Å². The molecule has 1 radical (unpaired) electrons. The van der Waals surface area contributed by atoms with Crippen LogP contribution in [0.2, 0.25) is 10.2 Å². The molecule has 0 spiro atoms. The summed E-state index contributed by atoms with van der Waals surface area (Å²) in [6.07, 6.45) is 1.53. The van der Waals surface area contributed by atoms with Crippen LogP contribution in [0.15, 0.2) is 49.9 Å². The van der Waals surface area contributed by atoms with Crippen LogP contribution >= 0.6 is 71.0 Å². The zero-order valence-electron chi connectivity index (χ0n) is 16.0. The third-order valence-corrected chi connectivity index (χ3v) is 6.44. The molecule has 0 fully saturated rings. The first-order valence-electron chi connectivity index (χ1n) is 8.26. The molecular weight excluding hydrogens is 734 g/mol. The van der Waals surface area contributed by atoms with E-state index in [-0.39, 0.29) is 60.6 Å². The molecule has 165 valence electrons. The van der Waals surface area contributed by atoms with Crippen LogP contribution in [0, 0.1) is 0 Å². The van der Waals surface area contributed by atoms with Crippen LogP contribution < -0.4 is 10.7 Å². The van der Waals surface area contributed by atoms with Crippen molar-refractivity contribution >= 4 is 88.5 Å². The molecule has 0 bridgehead atoms. The number of hydrogen-bond acceptors (Lipinski definition) is 4. The number of halogens is 5. The second kappa shape index (κ2) is 12.4. The molecule has 3 rings (SSSR count). The summed E-state index contributed by atoms with van der Waals surface area (Å²) in [5.41, 5.74) is 6.08. The molecule has 2 amide bonds. The molecule has 2 aromatic heterocycles. The molecule has 3 aromatic rings. The fraction of sp³-hybridized carbons (Fsp3) is 0.0556. The number of carbonyl (C=O) groups excluding carboxylic acids is 2. The van der Waals surface area contributed by atoms with Gasteiger partial charge < -0.3 is 21.2 Å². The first-order valence-corrected chi connectivity index (χ1v) is 11.4. The zero-order valence-corrected chi connectivity index (χ0v) is 25.1. The molecule has 2 heterocycles. The van der Waals surface area contributed by atoms with Crippen LogP contribution in [-0.4, -0.2) is 28.5 Å². The van der Waals surface area contributed by atoms with Crippen LogP contribution in [0.1, 0.15) is 20.8 Å². The van der Waals surface area contributed by atoms with Gasteiger partial charge in [-0.15, -0.1) is 0 Å². The molecule has 0 aliphatic carbocycles. The average molecular weight is 745 g/mol. The van der Waals surface area contributed by atoms with Crippen LogP contribution in [0.4, 0.5) is 5.69 Å². The summed E-state index contributed by atoms with van der Waals surface area (Å²) in [5, 5.41) is 3.23. The Hall–Kier alpha value is -0.366. The Kier molecular flexibility index (Phi) is 10.8. The largest absolute Gasteiger partial charge is 0.470 e. The number of anilines is 1. The number of carbonyl (C=O) groups is 2. The van der Waals surface area contributed by atoms with Crippen molar-refractivity contribution in [2.75, 3.05) is 12.4 Å². The van der Waals surface area contributed by atoms with E-state index in [1.165, 1.54) is 30.0 Å². The molecular formula is C18H11Br3Cl2N5O3Y-. The maximum absolute atomic E-state index is 13.2. The second-order valence-electron chi connectivity index (χ2n) is 5.79. The van der Waals surface area contributed by atoms with Crippen LogP contribution in [0.3, 0.4) is 0 Å². The molecule has 0 atom stereocenters. The molecule has 1 aromatic carbocycles. The molecule has 0 saturated carbocycles. The van der Waals surface area contributed by atoms with Gasteiger partial charge >= 0.3 is 0 Å². The monoisotopic (exact) mass is 741 g/mol. The van der Waals surface area contributed by atoms with E-state index in [0.717, 1.165) is 0 Å². The van der Waals surface area contributed by atoms with Gasteiger partial charge in [-0.1, -0.05) is 39.1 Å². The quantitative estimate of drug-likeness (QED) is 0.290. The van der Waals surface area contributed by atoms with Gasteiger partial charge in [-0.25, -0.2) is 4.98 Å². The number of nitrogens with one attached hydrogen (secondary N) is 2. The summed E-state index contributed by atoms with van der Waals surface area (Å²) in [4.78, 5) is 34.5. The number of nitrogens with zero attached hydrogens (tertiary/aromatic N) is 3. The van der Waals surface area contributed by atoms with Crippen molar-refractivity contribution in [3.05, 3.63) is 77.0 Å². The van der Waals surface area contributed by atoms with Crippen molar-refractivity contribution in [3.63, 3.8) is 0 Å². The first-order chi connectivity index (χ1) is 14.7. The van der Waals surface area contributed by atoms with Gasteiger partial charge in [0.2, 0.25) is 5.91 Å². The molecule has 0 aliphatic heterocycles. The van der Waals surface area contributed by atoms with E-state index >= 15 is 0 Å². The Bertz CT molecular complexity index is 1180.